The third kappa shape index (κ3) is 3.74. The molecule has 2 aromatic rings. The molecule has 0 atom stereocenters. The molecule has 0 saturated carbocycles. The van der Waals surface area contributed by atoms with Crippen molar-refractivity contribution in [2.45, 2.75) is 6.18 Å². The summed E-state index contributed by atoms with van der Waals surface area (Å²) in [4.78, 5) is 10.4. The monoisotopic (exact) mass is 335 g/mol. The van der Waals surface area contributed by atoms with Gasteiger partial charge in [-0.15, -0.1) is 0 Å². The molecule has 1 N–H and O–H groups in total. The zero-order valence-electron chi connectivity index (χ0n) is 11.0. The molecule has 0 bridgehead atoms. The van der Waals surface area contributed by atoms with Crippen molar-refractivity contribution < 1.29 is 35.9 Å². The number of benzene rings is 2. The second kappa shape index (κ2) is 6.19. The maximum atomic E-state index is 13.7. The summed E-state index contributed by atoms with van der Waals surface area (Å²) < 4.78 is 82.7. The van der Waals surface area contributed by atoms with Gasteiger partial charge in [-0.05, 0) is 24.3 Å². The summed E-state index contributed by atoms with van der Waals surface area (Å²) in [5.41, 5.74) is -1.66. The van der Waals surface area contributed by atoms with Crippen LogP contribution in [0.1, 0.15) is 5.56 Å². The zero-order valence-corrected chi connectivity index (χ0v) is 11.0. The Labute approximate surface area is 125 Å². The molecule has 122 valence electrons. The molecule has 23 heavy (non-hydrogen) atoms. The van der Waals surface area contributed by atoms with E-state index in [1.54, 1.807) is 0 Å². The van der Waals surface area contributed by atoms with Crippen molar-refractivity contribution in [1.82, 2.24) is 0 Å². The predicted octanol–water partition coefficient (Wildman–Crippen LogP) is 4.48. The van der Waals surface area contributed by atoms with Gasteiger partial charge in [-0.25, -0.2) is 13.2 Å². The molecular weight excluding hydrogens is 328 g/mol. The number of carbonyl (C=O) groups excluding carboxylic acids is 1. The van der Waals surface area contributed by atoms with Crippen LogP contribution in [0.15, 0.2) is 30.3 Å². The molecular formula is C14H7F6NO2. The van der Waals surface area contributed by atoms with E-state index in [2.05, 4.69) is 5.32 Å². The predicted molar refractivity (Wildman–Crippen MR) is 67.5 cm³/mol. The first kappa shape index (κ1) is 16.7. The van der Waals surface area contributed by atoms with Gasteiger partial charge in [0, 0.05) is 6.07 Å². The van der Waals surface area contributed by atoms with Gasteiger partial charge in [-0.3, -0.25) is 4.79 Å². The lowest BCUT2D eigenvalue weighted by Crippen LogP contribution is -2.07. The van der Waals surface area contributed by atoms with Crippen LogP contribution in [0, 0.1) is 17.5 Å². The summed E-state index contributed by atoms with van der Waals surface area (Å²) in [6.45, 7) is 0. The van der Waals surface area contributed by atoms with Crippen LogP contribution in [0.4, 0.5) is 32.0 Å². The number of anilines is 1. The quantitative estimate of drug-likeness (QED) is 0.661. The number of halogens is 6. The standard InChI is InChI=1S/C14H7F6NO2/c15-8-1-2-11(21-6-22)12(5-8)23-13-9(16)3-7(4-10(13)17)14(18,19)20/h1-6H,(H,21,22). The fourth-order valence-electron chi connectivity index (χ4n) is 1.69. The second-order valence-corrected chi connectivity index (χ2v) is 4.27. The third-order valence-electron chi connectivity index (χ3n) is 2.70. The molecule has 0 aliphatic heterocycles. The van der Waals surface area contributed by atoms with Gasteiger partial charge in [0.05, 0.1) is 11.3 Å². The van der Waals surface area contributed by atoms with Crippen molar-refractivity contribution >= 4 is 12.1 Å². The normalized spacial score (nSPS) is 11.2. The minimum absolute atomic E-state index is 0.0462. The molecule has 2 aromatic carbocycles. The van der Waals surface area contributed by atoms with Crippen molar-refractivity contribution in [1.29, 1.82) is 0 Å². The van der Waals surface area contributed by atoms with Gasteiger partial charge in [0.1, 0.15) is 5.82 Å². The van der Waals surface area contributed by atoms with E-state index in [0.717, 1.165) is 12.1 Å². The first-order valence-electron chi connectivity index (χ1n) is 5.96. The molecule has 0 radical (unpaired) electrons. The van der Waals surface area contributed by atoms with Crippen LogP contribution in [0.2, 0.25) is 0 Å². The Morgan fingerprint density at radius 1 is 1.00 bits per heavy atom. The van der Waals surface area contributed by atoms with Crippen LogP contribution < -0.4 is 10.1 Å². The molecule has 0 fully saturated rings. The van der Waals surface area contributed by atoms with Crippen LogP contribution >= 0.6 is 0 Å². The summed E-state index contributed by atoms with van der Waals surface area (Å²) in [5.74, 6) is -5.73. The van der Waals surface area contributed by atoms with Crippen LogP contribution in [0.3, 0.4) is 0 Å². The zero-order chi connectivity index (χ0) is 17.2. The van der Waals surface area contributed by atoms with Crippen molar-refractivity contribution in [2.75, 3.05) is 5.32 Å². The number of rotatable bonds is 4. The largest absolute Gasteiger partial charge is 0.449 e. The fourth-order valence-corrected chi connectivity index (χ4v) is 1.69. The van der Waals surface area contributed by atoms with Crippen LogP contribution in [-0.4, -0.2) is 6.41 Å². The Morgan fingerprint density at radius 2 is 1.61 bits per heavy atom. The number of amides is 1. The highest BCUT2D eigenvalue weighted by molar-refractivity contribution is 5.75. The molecule has 0 heterocycles. The molecule has 0 unspecified atom stereocenters. The first-order valence-corrected chi connectivity index (χ1v) is 5.96. The van der Waals surface area contributed by atoms with Gasteiger partial charge >= 0.3 is 6.18 Å². The summed E-state index contributed by atoms with van der Waals surface area (Å²) >= 11 is 0. The van der Waals surface area contributed by atoms with Crippen molar-refractivity contribution in [2.24, 2.45) is 0 Å². The Balaban J connectivity index is 2.45. The Bertz CT molecular complexity index is 722. The minimum atomic E-state index is -4.94. The van der Waals surface area contributed by atoms with Gasteiger partial charge in [0.2, 0.25) is 6.41 Å². The van der Waals surface area contributed by atoms with Gasteiger partial charge < -0.3 is 10.1 Å². The average Bonchev–Trinajstić information content (AvgIpc) is 2.44. The van der Waals surface area contributed by atoms with Gasteiger partial charge in [0.25, 0.3) is 0 Å². The summed E-state index contributed by atoms with van der Waals surface area (Å²) in [5, 5.41) is 2.10. The lowest BCUT2D eigenvalue weighted by atomic mass is 10.2. The van der Waals surface area contributed by atoms with Crippen molar-refractivity contribution in [3.8, 4) is 11.5 Å². The van der Waals surface area contributed by atoms with E-state index in [-0.39, 0.29) is 24.2 Å². The van der Waals surface area contributed by atoms with Gasteiger partial charge in [-0.1, -0.05) is 0 Å². The topological polar surface area (TPSA) is 38.3 Å². The molecule has 0 aliphatic carbocycles. The molecule has 0 aliphatic rings. The highest BCUT2D eigenvalue weighted by atomic mass is 19.4. The number of carbonyl (C=O) groups is 1. The SMILES string of the molecule is O=CNc1ccc(F)cc1Oc1c(F)cc(C(F)(F)F)cc1F. The molecule has 9 heteroatoms. The molecule has 0 saturated heterocycles. The van der Waals surface area contributed by atoms with Crippen LogP contribution in [0.5, 0.6) is 11.5 Å². The molecule has 0 spiro atoms. The van der Waals surface area contributed by atoms with E-state index in [9.17, 15) is 31.1 Å². The van der Waals surface area contributed by atoms with E-state index in [0.29, 0.717) is 6.07 Å². The molecule has 0 aromatic heterocycles. The van der Waals surface area contributed by atoms with Gasteiger partial charge in [-0.2, -0.15) is 13.2 Å². The molecule has 2 rings (SSSR count). The number of hydrogen-bond donors (Lipinski definition) is 1. The third-order valence-corrected chi connectivity index (χ3v) is 2.70. The van der Waals surface area contributed by atoms with Gasteiger partial charge in [0.15, 0.2) is 23.1 Å². The summed E-state index contributed by atoms with van der Waals surface area (Å²) in [6.07, 6.45) is -4.73. The Kier molecular flexibility index (Phi) is 4.48. The Morgan fingerprint density at radius 3 is 2.13 bits per heavy atom. The number of nitrogens with one attached hydrogen (secondary N) is 1. The number of hydrogen-bond acceptors (Lipinski definition) is 2. The minimum Gasteiger partial charge on any atom is -0.449 e. The second-order valence-electron chi connectivity index (χ2n) is 4.27. The maximum absolute atomic E-state index is 13.7. The van der Waals surface area contributed by atoms with E-state index in [1.807, 2.05) is 0 Å². The number of ether oxygens (including phenoxy) is 1. The smallest absolute Gasteiger partial charge is 0.416 e. The average molecular weight is 335 g/mol. The van der Waals surface area contributed by atoms with Crippen molar-refractivity contribution in [3.05, 3.63) is 53.3 Å². The summed E-state index contributed by atoms with van der Waals surface area (Å²) in [6, 6.07) is 2.80. The van der Waals surface area contributed by atoms with Crippen LogP contribution in [0.25, 0.3) is 0 Å². The van der Waals surface area contributed by atoms with Crippen LogP contribution in [-0.2, 0) is 11.0 Å². The van der Waals surface area contributed by atoms with E-state index >= 15 is 0 Å². The first-order chi connectivity index (χ1) is 10.7. The highest BCUT2D eigenvalue weighted by Gasteiger charge is 2.33. The maximum Gasteiger partial charge on any atom is 0.416 e. The van der Waals surface area contributed by atoms with Crippen molar-refractivity contribution in [3.63, 3.8) is 0 Å². The lowest BCUT2D eigenvalue weighted by molar-refractivity contribution is -0.138. The fraction of sp³-hybridized carbons (Fsp3) is 0.0714. The Hall–Kier alpha value is -2.71. The summed E-state index contributed by atoms with van der Waals surface area (Å²) in [7, 11) is 0. The highest BCUT2D eigenvalue weighted by Crippen LogP contribution is 2.37. The molecule has 3 nitrogen and oxygen atoms in total. The lowest BCUT2D eigenvalue weighted by Gasteiger charge is -2.13. The molecule has 1 amide bonds. The van der Waals surface area contributed by atoms with E-state index in [4.69, 9.17) is 4.74 Å². The van der Waals surface area contributed by atoms with E-state index < -0.39 is 40.7 Å². The number of alkyl halides is 3. The van der Waals surface area contributed by atoms with E-state index in [1.165, 1.54) is 0 Å².